The summed E-state index contributed by atoms with van der Waals surface area (Å²) in [7, 11) is -3.59. The van der Waals surface area contributed by atoms with Gasteiger partial charge in [0.2, 0.25) is 15.9 Å². The van der Waals surface area contributed by atoms with Crippen molar-refractivity contribution >= 4 is 42.7 Å². The van der Waals surface area contributed by atoms with E-state index < -0.39 is 15.9 Å². The van der Waals surface area contributed by atoms with Crippen LogP contribution in [0, 0.1) is 5.92 Å². The second-order valence-electron chi connectivity index (χ2n) is 12.2. The molecule has 3 aromatic heterocycles. The average Bonchev–Trinajstić information content (AvgIpc) is 3.34. The summed E-state index contributed by atoms with van der Waals surface area (Å²) in [5.41, 5.74) is 5.88. The molecule has 1 spiro atoms. The maximum atomic E-state index is 13.8. The molecule has 1 saturated heterocycles. The lowest BCUT2D eigenvalue weighted by molar-refractivity contribution is -0.118. The van der Waals surface area contributed by atoms with Gasteiger partial charge in [-0.3, -0.25) is 9.78 Å². The monoisotopic (exact) mass is 600 g/mol. The molecule has 4 aromatic rings. The Morgan fingerprint density at radius 3 is 2.69 bits per heavy atom. The number of piperazine rings is 1. The fraction of sp³-hybridized carbons (Fsp3) is 0.419. The standard InChI is InChI=1S/C31H32N6O3S2/c38-28(36-30-35-27-26-22-9-12-32-16-24(22)25(26)17-33-29(27)41-30)23(15-19-3-1-2-4-19)20-5-7-21(8-6-20)42(39,40)37-14-13-34-31(18-37)10-11-31/h5-9,12,16-17,19,23,34H,1-4,10-11,13-15,18H2,(H,35,36,38)/t23-/m1/s1. The van der Waals surface area contributed by atoms with Crippen molar-refractivity contribution in [3.05, 3.63) is 54.5 Å². The molecule has 2 saturated carbocycles. The Balaban J connectivity index is 1.05. The number of thiazole rings is 1. The van der Waals surface area contributed by atoms with Crippen molar-refractivity contribution < 1.29 is 13.2 Å². The molecular weight excluding hydrogens is 569 g/mol. The zero-order valence-electron chi connectivity index (χ0n) is 23.2. The van der Waals surface area contributed by atoms with Crippen molar-refractivity contribution in [1.29, 1.82) is 0 Å². The lowest BCUT2D eigenvalue weighted by Gasteiger charge is -2.33. The van der Waals surface area contributed by atoms with Crippen LogP contribution in [-0.4, -0.2) is 58.8 Å². The van der Waals surface area contributed by atoms with Gasteiger partial charge in [-0.2, -0.15) is 4.31 Å². The molecule has 2 N–H and O–H groups in total. The Morgan fingerprint density at radius 1 is 1.10 bits per heavy atom. The van der Waals surface area contributed by atoms with E-state index in [9.17, 15) is 13.2 Å². The van der Waals surface area contributed by atoms with Crippen LogP contribution in [0.2, 0.25) is 0 Å². The van der Waals surface area contributed by atoms with Crippen LogP contribution in [0.1, 0.15) is 56.4 Å². The molecule has 9 nitrogen and oxygen atoms in total. The van der Waals surface area contributed by atoms with E-state index in [2.05, 4.69) is 20.6 Å². The molecule has 4 aliphatic rings. The van der Waals surface area contributed by atoms with Crippen LogP contribution < -0.4 is 10.6 Å². The van der Waals surface area contributed by atoms with Crippen molar-refractivity contribution in [3.63, 3.8) is 0 Å². The van der Waals surface area contributed by atoms with Crippen LogP contribution in [0.4, 0.5) is 5.13 Å². The quantitative estimate of drug-likeness (QED) is 0.265. The zero-order valence-corrected chi connectivity index (χ0v) is 24.8. The molecule has 0 bridgehead atoms. The molecule has 3 fully saturated rings. The third kappa shape index (κ3) is 4.45. The zero-order chi connectivity index (χ0) is 28.5. The minimum Gasteiger partial charge on any atom is -0.309 e. The van der Waals surface area contributed by atoms with Crippen LogP contribution in [0.25, 0.3) is 32.6 Å². The van der Waals surface area contributed by atoms with E-state index in [1.54, 1.807) is 22.6 Å². The number of pyridine rings is 2. The average molecular weight is 601 g/mol. The van der Waals surface area contributed by atoms with Gasteiger partial charge in [-0.05, 0) is 54.5 Å². The van der Waals surface area contributed by atoms with Gasteiger partial charge in [-0.25, -0.2) is 18.4 Å². The van der Waals surface area contributed by atoms with Crippen LogP contribution >= 0.6 is 11.3 Å². The number of hydrogen-bond acceptors (Lipinski definition) is 8. The van der Waals surface area contributed by atoms with E-state index in [-0.39, 0.29) is 16.3 Å². The van der Waals surface area contributed by atoms with Gasteiger partial charge in [-0.1, -0.05) is 49.2 Å². The third-order valence-electron chi connectivity index (χ3n) is 9.51. The predicted molar refractivity (Wildman–Crippen MR) is 163 cm³/mol. The Labute approximate surface area is 248 Å². The summed E-state index contributed by atoms with van der Waals surface area (Å²) in [5, 5.41) is 7.10. The number of rotatable bonds is 7. The van der Waals surface area contributed by atoms with E-state index in [1.165, 1.54) is 24.2 Å². The van der Waals surface area contributed by atoms with E-state index in [4.69, 9.17) is 4.98 Å². The molecule has 0 unspecified atom stereocenters. The first-order valence-electron chi connectivity index (χ1n) is 14.8. The number of fused-ring (bicyclic) bond motifs is 6. The summed E-state index contributed by atoms with van der Waals surface area (Å²) in [6.07, 6.45) is 12.9. The number of benzene rings is 1. The molecule has 3 aliphatic carbocycles. The normalized spacial score (nSPS) is 20.2. The lowest BCUT2D eigenvalue weighted by Crippen LogP contribution is -2.54. The van der Waals surface area contributed by atoms with Crippen molar-refractivity contribution in [3.8, 4) is 22.3 Å². The molecule has 1 aromatic carbocycles. The molecule has 4 heterocycles. The largest absolute Gasteiger partial charge is 0.309 e. The molecule has 8 rings (SSSR count). The van der Waals surface area contributed by atoms with Gasteiger partial charge < -0.3 is 10.6 Å². The van der Waals surface area contributed by atoms with E-state index in [1.807, 2.05) is 30.6 Å². The predicted octanol–water partition coefficient (Wildman–Crippen LogP) is 5.16. The fourth-order valence-corrected chi connectivity index (χ4v) is 9.32. The SMILES string of the molecule is O=C(Nc1nc2c3c(cnc2s1)-c1cnccc1-3)[C@H](CC1CCCC1)c1ccc(S(=O)(=O)N2CCNC3(CC3)C2)cc1. The van der Waals surface area contributed by atoms with Gasteiger partial charge in [-0.15, -0.1) is 0 Å². The summed E-state index contributed by atoms with van der Waals surface area (Å²) in [5.74, 6) is -0.0344. The number of nitrogens with zero attached hydrogens (tertiary/aromatic N) is 4. The summed E-state index contributed by atoms with van der Waals surface area (Å²) >= 11 is 1.38. The highest BCUT2D eigenvalue weighted by molar-refractivity contribution is 7.89. The highest BCUT2D eigenvalue weighted by atomic mass is 32.2. The molecule has 1 atom stereocenters. The van der Waals surface area contributed by atoms with Crippen LogP contribution in [0.15, 0.2) is 53.8 Å². The molecule has 11 heteroatoms. The van der Waals surface area contributed by atoms with Crippen molar-refractivity contribution in [2.75, 3.05) is 25.0 Å². The highest BCUT2D eigenvalue weighted by Crippen LogP contribution is 2.50. The van der Waals surface area contributed by atoms with Gasteiger partial charge in [0.05, 0.1) is 10.8 Å². The maximum Gasteiger partial charge on any atom is 0.243 e. The number of carbonyl (C=O) groups is 1. The van der Waals surface area contributed by atoms with Crippen LogP contribution in [0.3, 0.4) is 0 Å². The van der Waals surface area contributed by atoms with Gasteiger partial charge in [0.1, 0.15) is 10.3 Å². The van der Waals surface area contributed by atoms with Crippen molar-refractivity contribution in [2.24, 2.45) is 5.92 Å². The Bertz CT molecular complexity index is 1810. The van der Waals surface area contributed by atoms with Crippen LogP contribution in [0.5, 0.6) is 0 Å². The number of nitrogens with one attached hydrogen (secondary N) is 2. The summed E-state index contributed by atoms with van der Waals surface area (Å²) in [4.78, 5) is 28.5. The second-order valence-corrected chi connectivity index (χ2v) is 15.1. The molecule has 1 amide bonds. The van der Waals surface area contributed by atoms with E-state index in [0.717, 1.165) is 70.3 Å². The smallest absolute Gasteiger partial charge is 0.243 e. The Hall–Kier alpha value is -3.25. The van der Waals surface area contributed by atoms with Crippen molar-refractivity contribution in [1.82, 2.24) is 24.6 Å². The number of amides is 1. The molecule has 42 heavy (non-hydrogen) atoms. The van der Waals surface area contributed by atoms with Gasteiger partial charge >= 0.3 is 0 Å². The van der Waals surface area contributed by atoms with Crippen molar-refractivity contribution in [2.45, 2.75) is 61.3 Å². The second kappa shape index (κ2) is 9.90. The molecular formula is C31H32N6O3S2. The Morgan fingerprint density at radius 2 is 1.90 bits per heavy atom. The first-order valence-corrected chi connectivity index (χ1v) is 17.1. The third-order valence-corrected chi connectivity index (χ3v) is 12.2. The number of hydrogen-bond donors (Lipinski definition) is 2. The molecule has 0 radical (unpaired) electrons. The number of carbonyl (C=O) groups excluding carboxylic acids is 1. The van der Waals surface area contributed by atoms with E-state index >= 15 is 0 Å². The summed E-state index contributed by atoms with van der Waals surface area (Å²) < 4.78 is 28.5. The molecule has 1 aliphatic heterocycles. The summed E-state index contributed by atoms with van der Waals surface area (Å²) in [6.45, 7) is 1.67. The lowest BCUT2D eigenvalue weighted by atomic mass is 9.83. The first kappa shape index (κ1) is 26.4. The van der Waals surface area contributed by atoms with Gasteiger partial charge in [0, 0.05) is 60.5 Å². The number of anilines is 1. The number of aromatic nitrogens is 3. The minimum atomic E-state index is -3.59. The summed E-state index contributed by atoms with van der Waals surface area (Å²) in [6, 6.07) is 9.00. The van der Waals surface area contributed by atoms with Gasteiger partial charge in [0.25, 0.3) is 0 Å². The minimum absolute atomic E-state index is 0.0343. The number of sulfonamides is 1. The van der Waals surface area contributed by atoms with E-state index in [0.29, 0.717) is 30.7 Å². The van der Waals surface area contributed by atoms with Gasteiger partial charge in [0.15, 0.2) is 5.13 Å². The topological polar surface area (TPSA) is 117 Å². The maximum absolute atomic E-state index is 13.8. The van der Waals surface area contributed by atoms with Crippen LogP contribution in [-0.2, 0) is 14.8 Å². The molecule has 216 valence electrons. The Kier molecular flexibility index (Phi) is 6.22. The highest BCUT2D eigenvalue weighted by Gasteiger charge is 2.48. The first-order chi connectivity index (χ1) is 20.4. The fourth-order valence-electron chi connectivity index (χ4n) is 6.97.